The molecular weight excluding hydrogens is 397 g/mol. The summed E-state index contributed by atoms with van der Waals surface area (Å²) in [6, 6.07) is 7.64. The molecule has 3 aromatic rings. The minimum atomic E-state index is -4.56. The van der Waals surface area contributed by atoms with Gasteiger partial charge in [-0.2, -0.15) is 23.1 Å². The molecule has 158 valence electrons. The maximum absolute atomic E-state index is 12.9. The Hall–Kier alpha value is -3.14. The molecule has 0 spiro atoms. The van der Waals surface area contributed by atoms with E-state index >= 15 is 0 Å². The lowest BCUT2D eigenvalue weighted by molar-refractivity contribution is -0.141. The molecule has 0 aliphatic heterocycles. The van der Waals surface area contributed by atoms with Crippen molar-refractivity contribution in [3.05, 3.63) is 53.7 Å². The molecule has 0 saturated carbocycles. The number of hydrogen-bond donors (Lipinski definition) is 2. The average Bonchev–Trinajstić information content (AvgIpc) is 2.65. The van der Waals surface area contributed by atoms with Crippen molar-refractivity contribution in [1.29, 1.82) is 0 Å². The number of nitrogens with zero attached hydrogens (tertiary/aromatic N) is 5. The molecule has 0 bridgehead atoms. The maximum Gasteiger partial charge on any atom is 0.433 e. The van der Waals surface area contributed by atoms with Gasteiger partial charge in [0.05, 0.1) is 5.60 Å². The fraction of sp³-hybridized carbons (Fsp3) is 0.350. The number of aromatic nitrogens is 5. The standard InChI is InChI=1S/C20H21F3N6O/c1-12-5-4-6-14(25-12)17-27-16(7-9-19(2,3)30)28-18(29-17)26-13-8-10-24-15(11-13)20(21,22)23/h4-6,8,10-11,30H,7,9H2,1-3H3,(H,24,26,27,28,29). The summed E-state index contributed by atoms with van der Waals surface area (Å²) < 4.78 is 38.8. The van der Waals surface area contributed by atoms with Crippen LogP contribution in [0.4, 0.5) is 24.8 Å². The molecule has 7 nitrogen and oxygen atoms in total. The Balaban J connectivity index is 1.97. The number of anilines is 2. The van der Waals surface area contributed by atoms with Crippen molar-refractivity contribution in [3.8, 4) is 11.5 Å². The molecule has 0 saturated heterocycles. The van der Waals surface area contributed by atoms with Gasteiger partial charge in [0.25, 0.3) is 0 Å². The first-order valence-electron chi connectivity index (χ1n) is 9.21. The summed E-state index contributed by atoms with van der Waals surface area (Å²) in [7, 11) is 0. The summed E-state index contributed by atoms with van der Waals surface area (Å²) in [5, 5.41) is 12.8. The lowest BCUT2D eigenvalue weighted by Crippen LogP contribution is -2.20. The third-order valence-electron chi connectivity index (χ3n) is 4.07. The number of alkyl halides is 3. The molecule has 0 amide bonds. The van der Waals surface area contributed by atoms with Gasteiger partial charge in [0.15, 0.2) is 5.82 Å². The van der Waals surface area contributed by atoms with Crippen LogP contribution in [0.25, 0.3) is 11.5 Å². The van der Waals surface area contributed by atoms with Crippen LogP contribution in [0.1, 0.15) is 37.5 Å². The summed E-state index contributed by atoms with van der Waals surface area (Å²) in [6.07, 6.45) is -2.76. The van der Waals surface area contributed by atoms with Crippen molar-refractivity contribution in [3.63, 3.8) is 0 Å². The summed E-state index contributed by atoms with van der Waals surface area (Å²) in [5.74, 6) is 0.749. The molecule has 30 heavy (non-hydrogen) atoms. The first kappa shape index (κ1) is 21.6. The van der Waals surface area contributed by atoms with Gasteiger partial charge in [-0.25, -0.2) is 9.97 Å². The van der Waals surface area contributed by atoms with Gasteiger partial charge in [0.2, 0.25) is 5.95 Å². The smallest absolute Gasteiger partial charge is 0.390 e. The van der Waals surface area contributed by atoms with E-state index in [1.54, 1.807) is 19.9 Å². The van der Waals surface area contributed by atoms with Crippen molar-refractivity contribution >= 4 is 11.6 Å². The Morgan fingerprint density at radius 3 is 2.47 bits per heavy atom. The van der Waals surface area contributed by atoms with Crippen LogP contribution >= 0.6 is 0 Å². The third-order valence-corrected chi connectivity index (χ3v) is 4.07. The quantitative estimate of drug-likeness (QED) is 0.622. The first-order chi connectivity index (χ1) is 14.0. The van der Waals surface area contributed by atoms with Crippen molar-refractivity contribution < 1.29 is 18.3 Å². The highest BCUT2D eigenvalue weighted by Gasteiger charge is 2.32. The van der Waals surface area contributed by atoms with Crippen LogP contribution in [-0.4, -0.2) is 35.6 Å². The average molecular weight is 418 g/mol. The Morgan fingerprint density at radius 1 is 1.03 bits per heavy atom. The van der Waals surface area contributed by atoms with Gasteiger partial charge in [-0.1, -0.05) is 6.07 Å². The third kappa shape index (κ3) is 5.93. The monoisotopic (exact) mass is 418 g/mol. The van der Waals surface area contributed by atoms with E-state index in [4.69, 9.17) is 0 Å². The number of aliphatic hydroxyl groups is 1. The number of aryl methyl sites for hydroxylation is 2. The molecule has 0 aliphatic carbocycles. The summed E-state index contributed by atoms with van der Waals surface area (Å²) in [4.78, 5) is 20.8. The van der Waals surface area contributed by atoms with E-state index in [1.165, 1.54) is 6.07 Å². The summed E-state index contributed by atoms with van der Waals surface area (Å²) >= 11 is 0. The molecule has 3 rings (SSSR count). The van der Waals surface area contributed by atoms with Crippen molar-refractivity contribution in [2.24, 2.45) is 0 Å². The second-order valence-electron chi connectivity index (χ2n) is 7.43. The van der Waals surface area contributed by atoms with Crippen LogP contribution in [0.3, 0.4) is 0 Å². The van der Waals surface area contributed by atoms with Gasteiger partial charge < -0.3 is 10.4 Å². The Kier molecular flexibility index (Phi) is 5.97. The van der Waals surface area contributed by atoms with E-state index in [0.717, 1.165) is 18.0 Å². The van der Waals surface area contributed by atoms with Crippen molar-refractivity contribution in [1.82, 2.24) is 24.9 Å². The first-order valence-corrected chi connectivity index (χ1v) is 9.21. The van der Waals surface area contributed by atoms with Gasteiger partial charge in [-0.15, -0.1) is 0 Å². The predicted molar refractivity (Wildman–Crippen MR) is 105 cm³/mol. The predicted octanol–water partition coefficient (Wildman–Crippen LogP) is 4.10. The van der Waals surface area contributed by atoms with Crippen molar-refractivity contribution in [2.45, 2.75) is 45.4 Å². The molecule has 0 radical (unpaired) electrons. The largest absolute Gasteiger partial charge is 0.433 e. The molecule has 2 N–H and O–H groups in total. The molecule has 0 unspecified atom stereocenters. The van der Waals surface area contributed by atoms with Gasteiger partial charge in [0, 0.05) is 24.0 Å². The Labute approximate surface area is 171 Å². The summed E-state index contributed by atoms with van der Waals surface area (Å²) in [5.41, 5.74) is -0.529. The van der Waals surface area contributed by atoms with Gasteiger partial charge >= 0.3 is 6.18 Å². The molecular formula is C20H21F3N6O. The zero-order valence-electron chi connectivity index (χ0n) is 16.7. The van der Waals surface area contributed by atoms with Gasteiger partial charge in [-0.3, -0.25) is 4.98 Å². The van der Waals surface area contributed by atoms with Crippen LogP contribution < -0.4 is 5.32 Å². The molecule has 0 aliphatic rings. The minimum absolute atomic E-state index is 0.0772. The zero-order valence-corrected chi connectivity index (χ0v) is 16.7. The zero-order chi connectivity index (χ0) is 21.9. The van der Waals surface area contributed by atoms with E-state index in [2.05, 4.69) is 30.2 Å². The van der Waals surface area contributed by atoms with Crippen molar-refractivity contribution in [2.75, 3.05) is 5.32 Å². The lowest BCUT2D eigenvalue weighted by atomic mass is 10.0. The fourth-order valence-electron chi connectivity index (χ4n) is 2.58. The number of hydrogen-bond acceptors (Lipinski definition) is 7. The number of halogens is 3. The number of nitrogens with one attached hydrogen (secondary N) is 1. The minimum Gasteiger partial charge on any atom is -0.390 e. The van der Waals surface area contributed by atoms with E-state index in [1.807, 2.05) is 19.1 Å². The maximum atomic E-state index is 12.9. The Bertz CT molecular complexity index is 1030. The number of pyridine rings is 2. The topological polar surface area (TPSA) is 96.7 Å². The van der Waals surface area contributed by atoms with Crippen LogP contribution in [0.5, 0.6) is 0 Å². The second-order valence-corrected chi connectivity index (χ2v) is 7.43. The molecule has 0 atom stereocenters. The SMILES string of the molecule is Cc1cccc(-c2nc(CCC(C)(C)O)nc(Nc3ccnc(C(F)(F)F)c3)n2)n1. The highest BCUT2D eigenvalue weighted by molar-refractivity contribution is 5.57. The molecule has 0 aromatic carbocycles. The van der Waals surface area contributed by atoms with Crippen LogP contribution in [0.15, 0.2) is 36.5 Å². The molecule has 3 heterocycles. The lowest BCUT2D eigenvalue weighted by Gasteiger charge is -2.16. The molecule has 3 aromatic heterocycles. The fourth-order valence-corrected chi connectivity index (χ4v) is 2.58. The van der Waals surface area contributed by atoms with Crippen LogP contribution in [0, 0.1) is 6.92 Å². The second kappa shape index (κ2) is 8.31. The van der Waals surface area contributed by atoms with E-state index in [9.17, 15) is 18.3 Å². The molecule has 10 heteroatoms. The molecule has 0 fully saturated rings. The Morgan fingerprint density at radius 2 is 1.80 bits per heavy atom. The van der Waals surface area contributed by atoms with E-state index in [-0.39, 0.29) is 17.5 Å². The highest BCUT2D eigenvalue weighted by Crippen LogP contribution is 2.29. The van der Waals surface area contributed by atoms with Gasteiger partial charge in [0.1, 0.15) is 17.2 Å². The number of rotatable bonds is 6. The van der Waals surface area contributed by atoms with Gasteiger partial charge in [-0.05, 0) is 51.5 Å². The summed E-state index contributed by atoms with van der Waals surface area (Å²) in [6.45, 7) is 5.17. The highest BCUT2D eigenvalue weighted by atomic mass is 19.4. The van der Waals surface area contributed by atoms with E-state index in [0.29, 0.717) is 24.4 Å². The normalized spacial score (nSPS) is 12.1. The van der Waals surface area contributed by atoms with Crippen LogP contribution in [0.2, 0.25) is 0 Å². The van der Waals surface area contributed by atoms with Crippen LogP contribution in [-0.2, 0) is 12.6 Å². The van der Waals surface area contributed by atoms with E-state index < -0.39 is 17.5 Å².